The number of rotatable bonds is 4. The molecule has 0 aliphatic carbocycles. The van der Waals surface area contributed by atoms with Crippen molar-refractivity contribution in [2.75, 3.05) is 6.61 Å². The summed E-state index contributed by atoms with van der Waals surface area (Å²) in [5, 5.41) is 0. The summed E-state index contributed by atoms with van der Waals surface area (Å²) < 4.78 is 5.47. The first kappa shape index (κ1) is 9.53. The van der Waals surface area contributed by atoms with Crippen LogP contribution < -0.4 is 11.3 Å². The molecule has 12 heavy (non-hydrogen) atoms. The normalized spacial score (nSPS) is 25.2. The zero-order valence-electron chi connectivity index (χ0n) is 7.25. The Kier molecular flexibility index (Phi) is 4.09. The van der Waals surface area contributed by atoms with Gasteiger partial charge >= 0.3 is 0 Å². The highest BCUT2D eigenvalue weighted by Gasteiger charge is 2.19. The summed E-state index contributed by atoms with van der Waals surface area (Å²) in [4.78, 5) is 0. The van der Waals surface area contributed by atoms with Crippen LogP contribution >= 0.6 is 0 Å². The SMILES string of the molecule is C#CCC(CC1CCCO1)NN. The van der Waals surface area contributed by atoms with Gasteiger partial charge in [-0.15, -0.1) is 12.3 Å². The number of hydrogen-bond acceptors (Lipinski definition) is 3. The molecule has 1 heterocycles. The molecule has 3 heteroatoms. The van der Waals surface area contributed by atoms with Gasteiger partial charge in [-0.1, -0.05) is 0 Å². The van der Waals surface area contributed by atoms with Gasteiger partial charge in [0.1, 0.15) is 0 Å². The van der Waals surface area contributed by atoms with Gasteiger partial charge in [0.15, 0.2) is 0 Å². The summed E-state index contributed by atoms with van der Waals surface area (Å²) in [6.07, 6.45) is 9.47. The lowest BCUT2D eigenvalue weighted by atomic mass is 10.1. The zero-order valence-corrected chi connectivity index (χ0v) is 7.25. The van der Waals surface area contributed by atoms with Crippen LogP contribution in [0.2, 0.25) is 0 Å². The van der Waals surface area contributed by atoms with Crippen molar-refractivity contribution >= 4 is 0 Å². The molecule has 1 rings (SSSR count). The number of nitrogens with two attached hydrogens (primary N) is 1. The quantitative estimate of drug-likeness (QED) is 0.363. The first-order valence-electron chi connectivity index (χ1n) is 4.38. The van der Waals surface area contributed by atoms with Gasteiger partial charge in [-0.05, 0) is 19.3 Å². The van der Waals surface area contributed by atoms with Crippen molar-refractivity contribution in [2.45, 2.75) is 37.8 Å². The molecule has 0 aromatic carbocycles. The second-order valence-corrected chi connectivity index (χ2v) is 3.14. The third-order valence-corrected chi connectivity index (χ3v) is 2.17. The fourth-order valence-corrected chi connectivity index (χ4v) is 1.50. The smallest absolute Gasteiger partial charge is 0.0591 e. The number of terminal acetylenes is 1. The predicted octanol–water partition coefficient (Wildman–Crippen LogP) is 0.411. The van der Waals surface area contributed by atoms with E-state index in [0.29, 0.717) is 12.5 Å². The Balaban J connectivity index is 2.21. The van der Waals surface area contributed by atoms with Crippen molar-refractivity contribution in [3.63, 3.8) is 0 Å². The van der Waals surface area contributed by atoms with E-state index in [1.807, 2.05) is 0 Å². The fourth-order valence-electron chi connectivity index (χ4n) is 1.50. The molecule has 1 aliphatic heterocycles. The molecule has 3 nitrogen and oxygen atoms in total. The highest BCUT2D eigenvalue weighted by molar-refractivity contribution is 4.90. The van der Waals surface area contributed by atoms with Gasteiger partial charge in [0.2, 0.25) is 0 Å². The summed E-state index contributed by atoms with van der Waals surface area (Å²) in [5.74, 6) is 7.93. The van der Waals surface area contributed by atoms with E-state index in [9.17, 15) is 0 Å². The van der Waals surface area contributed by atoms with Gasteiger partial charge in [0, 0.05) is 19.1 Å². The minimum atomic E-state index is 0.207. The van der Waals surface area contributed by atoms with Crippen LogP contribution in [0.1, 0.15) is 25.7 Å². The average molecular weight is 168 g/mol. The molecule has 3 N–H and O–H groups in total. The maximum Gasteiger partial charge on any atom is 0.0591 e. The number of nitrogens with one attached hydrogen (secondary N) is 1. The lowest BCUT2D eigenvalue weighted by Gasteiger charge is -2.16. The molecule has 1 fully saturated rings. The summed E-state index contributed by atoms with van der Waals surface area (Å²) >= 11 is 0. The maximum absolute atomic E-state index is 5.47. The van der Waals surface area contributed by atoms with Crippen LogP contribution in [-0.4, -0.2) is 18.8 Å². The van der Waals surface area contributed by atoms with E-state index in [4.69, 9.17) is 17.0 Å². The number of hydrazine groups is 1. The molecule has 0 bridgehead atoms. The van der Waals surface area contributed by atoms with Gasteiger partial charge in [-0.3, -0.25) is 11.3 Å². The molecular weight excluding hydrogens is 152 g/mol. The Hall–Kier alpha value is -0.560. The van der Waals surface area contributed by atoms with Gasteiger partial charge in [-0.25, -0.2) is 0 Å². The summed E-state index contributed by atoms with van der Waals surface area (Å²) in [5.41, 5.74) is 2.71. The molecule has 0 spiro atoms. The molecule has 0 saturated carbocycles. The standard InChI is InChI=1S/C9H16N2O/c1-2-4-8(11-10)7-9-5-3-6-12-9/h1,8-9,11H,3-7,10H2. The van der Waals surface area contributed by atoms with E-state index in [1.165, 1.54) is 0 Å². The first-order chi connectivity index (χ1) is 5.86. The van der Waals surface area contributed by atoms with E-state index in [0.717, 1.165) is 25.9 Å². The van der Waals surface area contributed by atoms with Gasteiger partial charge < -0.3 is 4.74 Å². The third kappa shape index (κ3) is 2.82. The Bertz CT molecular complexity index is 158. The molecular formula is C9H16N2O. The third-order valence-electron chi connectivity index (χ3n) is 2.17. The number of hydrogen-bond donors (Lipinski definition) is 2. The molecule has 0 aromatic heterocycles. The van der Waals surface area contributed by atoms with Gasteiger partial charge in [0.25, 0.3) is 0 Å². The van der Waals surface area contributed by atoms with Crippen molar-refractivity contribution in [3.05, 3.63) is 0 Å². The van der Waals surface area contributed by atoms with Gasteiger partial charge in [-0.2, -0.15) is 0 Å². The van der Waals surface area contributed by atoms with E-state index in [2.05, 4.69) is 11.3 Å². The van der Waals surface area contributed by atoms with Gasteiger partial charge in [0.05, 0.1) is 6.10 Å². The van der Waals surface area contributed by atoms with Crippen LogP contribution in [0.3, 0.4) is 0 Å². The summed E-state index contributed by atoms with van der Waals surface area (Å²) in [6, 6.07) is 0.207. The minimum absolute atomic E-state index is 0.207. The monoisotopic (exact) mass is 168 g/mol. The molecule has 1 saturated heterocycles. The molecule has 0 aromatic rings. The van der Waals surface area contributed by atoms with E-state index >= 15 is 0 Å². The van der Waals surface area contributed by atoms with Crippen LogP contribution in [0.4, 0.5) is 0 Å². The van der Waals surface area contributed by atoms with Crippen LogP contribution in [0.25, 0.3) is 0 Å². The van der Waals surface area contributed by atoms with Crippen LogP contribution in [0, 0.1) is 12.3 Å². The summed E-state index contributed by atoms with van der Waals surface area (Å²) in [7, 11) is 0. The second kappa shape index (κ2) is 5.15. The Labute approximate surface area is 73.6 Å². The van der Waals surface area contributed by atoms with Crippen LogP contribution in [0.5, 0.6) is 0 Å². The lowest BCUT2D eigenvalue weighted by molar-refractivity contribution is 0.0951. The highest BCUT2D eigenvalue weighted by atomic mass is 16.5. The van der Waals surface area contributed by atoms with Crippen molar-refractivity contribution in [3.8, 4) is 12.3 Å². The minimum Gasteiger partial charge on any atom is -0.378 e. The topological polar surface area (TPSA) is 47.3 Å². The molecule has 0 amide bonds. The maximum atomic E-state index is 5.47. The van der Waals surface area contributed by atoms with Crippen molar-refractivity contribution in [2.24, 2.45) is 5.84 Å². The van der Waals surface area contributed by atoms with E-state index in [-0.39, 0.29) is 6.04 Å². The average Bonchev–Trinajstić information content (AvgIpc) is 2.56. The van der Waals surface area contributed by atoms with Crippen molar-refractivity contribution < 1.29 is 4.74 Å². The fraction of sp³-hybridized carbons (Fsp3) is 0.778. The van der Waals surface area contributed by atoms with E-state index < -0.39 is 0 Å². The summed E-state index contributed by atoms with van der Waals surface area (Å²) in [6.45, 7) is 0.887. The zero-order chi connectivity index (χ0) is 8.81. The first-order valence-corrected chi connectivity index (χ1v) is 4.38. The lowest BCUT2D eigenvalue weighted by Crippen LogP contribution is -2.37. The molecule has 1 aliphatic rings. The van der Waals surface area contributed by atoms with Crippen molar-refractivity contribution in [1.29, 1.82) is 0 Å². The highest BCUT2D eigenvalue weighted by Crippen LogP contribution is 2.17. The van der Waals surface area contributed by atoms with E-state index in [1.54, 1.807) is 0 Å². The molecule has 2 unspecified atom stereocenters. The van der Waals surface area contributed by atoms with Crippen molar-refractivity contribution in [1.82, 2.24) is 5.43 Å². The Morgan fingerprint density at radius 3 is 3.08 bits per heavy atom. The predicted molar refractivity (Wildman–Crippen MR) is 48.2 cm³/mol. The molecule has 0 radical (unpaired) electrons. The molecule has 68 valence electrons. The van der Waals surface area contributed by atoms with Crippen LogP contribution in [-0.2, 0) is 4.74 Å². The number of ether oxygens (including phenoxy) is 1. The largest absolute Gasteiger partial charge is 0.378 e. The molecule has 2 atom stereocenters. The van der Waals surface area contributed by atoms with Crippen LogP contribution in [0.15, 0.2) is 0 Å². The Morgan fingerprint density at radius 1 is 1.75 bits per heavy atom. The second-order valence-electron chi connectivity index (χ2n) is 3.14. The Morgan fingerprint density at radius 2 is 2.58 bits per heavy atom.